The zero-order chi connectivity index (χ0) is 13.1. The fourth-order valence-electron chi connectivity index (χ4n) is 1.99. The Bertz CT molecular complexity index is 611. The highest BCUT2D eigenvalue weighted by atomic mass is 32.2. The number of benzene rings is 1. The van der Waals surface area contributed by atoms with E-state index in [4.69, 9.17) is 9.52 Å². The van der Waals surface area contributed by atoms with Gasteiger partial charge in [-0.2, -0.15) is 0 Å². The minimum Gasteiger partial charge on any atom is -0.515 e. The third kappa shape index (κ3) is 2.29. The van der Waals surface area contributed by atoms with Crippen LogP contribution in [0.25, 0.3) is 11.0 Å². The molecule has 18 heavy (non-hydrogen) atoms. The number of fused-ring (bicyclic) bond motifs is 1. The molecule has 0 saturated heterocycles. The van der Waals surface area contributed by atoms with Crippen LogP contribution in [0, 0.1) is 6.92 Å². The second kappa shape index (κ2) is 5.31. The maximum absolute atomic E-state index is 11.8. The minimum absolute atomic E-state index is 0.111. The summed E-state index contributed by atoms with van der Waals surface area (Å²) in [6, 6.07) is 3.61. The van der Waals surface area contributed by atoms with E-state index in [-0.39, 0.29) is 5.12 Å². The summed E-state index contributed by atoms with van der Waals surface area (Å²) in [5, 5.41) is 10.9. The number of thioether (sulfide) groups is 1. The molecule has 1 aromatic heterocycles. The predicted octanol–water partition coefficient (Wildman–Crippen LogP) is 4.21. The Hall–Kier alpha value is -1.68. The predicted molar refractivity (Wildman–Crippen MR) is 74.0 cm³/mol. The molecule has 3 nitrogen and oxygen atoms in total. The number of hydrogen-bond donors (Lipinski definition) is 1. The van der Waals surface area contributed by atoms with Crippen LogP contribution in [-0.2, 0) is 6.42 Å². The van der Waals surface area contributed by atoms with Crippen molar-refractivity contribution in [2.75, 3.05) is 0 Å². The Balaban J connectivity index is 2.46. The Morgan fingerprint density at radius 3 is 2.94 bits per heavy atom. The van der Waals surface area contributed by atoms with Crippen molar-refractivity contribution in [3.63, 3.8) is 0 Å². The zero-order valence-electron chi connectivity index (χ0n) is 10.3. The van der Waals surface area contributed by atoms with Gasteiger partial charge in [-0.1, -0.05) is 18.7 Å². The molecular formula is C14H14O3S. The van der Waals surface area contributed by atoms with Gasteiger partial charge in [0.25, 0.3) is 0 Å². The summed E-state index contributed by atoms with van der Waals surface area (Å²) < 4.78 is 5.49. The van der Waals surface area contributed by atoms with Gasteiger partial charge < -0.3 is 9.52 Å². The van der Waals surface area contributed by atoms with Crippen LogP contribution in [0.5, 0.6) is 0 Å². The van der Waals surface area contributed by atoms with Crippen molar-refractivity contribution in [1.29, 1.82) is 0 Å². The first-order chi connectivity index (χ1) is 8.67. The molecule has 0 aliphatic heterocycles. The van der Waals surface area contributed by atoms with Gasteiger partial charge in [0.1, 0.15) is 5.58 Å². The van der Waals surface area contributed by atoms with E-state index in [1.54, 1.807) is 12.3 Å². The molecule has 0 radical (unpaired) electrons. The molecule has 0 saturated carbocycles. The lowest BCUT2D eigenvalue weighted by molar-refractivity contribution is 0.108. The lowest BCUT2D eigenvalue weighted by Gasteiger charge is -2.02. The molecule has 1 heterocycles. The van der Waals surface area contributed by atoms with E-state index in [2.05, 4.69) is 6.92 Å². The van der Waals surface area contributed by atoms with Gasteiger partial charge in [0.15, 0.2) is 0 Å². The Labute approximate surface area is 109 Å². The van der Waals surface area contributed by atoms with Gasteiger partial charge in [-0.25, -0.2) is 0 Å². The summed E-state index contributed by atoms with van der Waals surface area (Å²) in [4.78, 5) is 11.8. The van der Waals surface area contributed by atoms with Crippen LogP contribution in [0.3, 0.4) is 0 Å². The second-order valence-corrected chi connectivity index (χ2v) is 4.85. The molecule has 0 aliphatic rings. The maximum atomic E-state index is 11.8. The van der Waals surface area contributed by atoms with Crippen LogP contribution in [-0.4, -0.2) is 10.2 Å². The van der Waals surface area contributed by atoms with Gasteiger partial charge in [0.2, 0.25) is 5.12 Å². The number of aliphatic hydroxyl groups excluding tert-OH is 1. The van der Waals surface area contributed by atoms with E-state index in [9.17, 15) is 4.79 Å². The standard InChI is InChI=1S/C14H14O3S/c1-3-10-8-17-12-7-11(6-9(2)13(10)12)14(16)18-5-4-15/h4-8,15H,3H2,1-2H3/b5-4+. The number of carbonyl (C=O) groups excluding carboxylic acids is 1. The van der Waals surface area contributed by atoms with Crippen molar-refractivity contribution in [2.24, 2.45) is 0 Å². The zero-order valence-corrected chi connectivity index (χ0v) is 11.1. The van der Waals surface area contributed by atoms with Gasteiger partial charge in [0.05, 0.1) is 12.5 Å². The fourth-order valence-corrected chi connectivity index (χ4v) is 2.43. The molecule has 0 unspecified atom stereocenters. The molecule has 2 rings (SSSR count). The smallest absolute Gasteiger partial charge is 0.223 e. The molecule has 4 heteroatoms. The molecule has 1 aromatic carbocycles. The highest BCUT2D eigenvalue weighted by Crippen LogP contribution is 2.28. The molecule has 0 atom stereocenters. The summed E-state index contributed by atoms with van der Waals surface area (Å²) >= 11 is 0.948. The Morgan fingerprint density at radius 1 is 1.50 bits per heavy atom. The van der Waals surface area contributed by atoms with Crippen molar-refractivity contribution in [2.45, 2.75) is 20.3 Å². The van der Waals surface area contributed by atoms with Crippen LogP contribution in [0.4, 0.5) is 0 Å². The van der Waals surface area contributed by atoms with Crippen molar-refractivity contribution >= 4 is 27.8 Å². The van der Waals surface area contributed by atoms with E-state index in [1.165, 1.54) is 5.41 Å². The van der Waals surface area contributed by atoms with Crippen molar-refractivity contribution in [1.82, 2.24) is 0 Å². The normalized spacial score (nSPS) is 11.4. The van der Waals surface area contributed by atoms with E-state index in [0.29, 0.717) is 5.56 Å². The summed E-state index contributed by atoms with van der Waals surface area (Å²) in [5.74, 6) is 0. The SMILES string of the molecule is CCc1coc2cc(C(=O)S/C=C/O)cc(C)c12. The maximum Gasteiger partial charge on any atom is 0.223 e. The van der Waals surface area contributed by atoms with Crippen molar-refractivity contribution in [3.05, 3.63) is 46.8 Å². The van der Waals surface area contributed by atoms with Gasteiger partial charge in [-0.15, -0.1) is 0 Å². The number of carbonyl (C=O) groups is 1. The molecular weight excluding hydrogens is 248 g/mol. The number of furan rings is 1. The molecule has 0 aliphatic carbocycles. The van der Waals surface area contributed by atoms with Gasteiger partial charge in [-0.3, -0.25) is 4.79 Å². The molecule has 1 N–H and O–H groups in total. The Morgan fingerprint density at radius 2 is 2.28 bits per heavy atom. The highest BCUT2D eigenvalue weighted by molar-refractivity contribution is 8.16. The molecule has 0 bridgehead atoms. The molecule has 0 spiro atoms. The van der Waals surface area contributed by atoms with Gasteiger partial charge >= 0.3 is 0 Å². The van der Waals surface area contributed by atoms with E-state index >= 15 is 0 Å². The van der Waals surface area contributed by atoms with Crippen LogP contribution in [0.15, 0.2) is 34.5 Å². The number of aryl methyl sites for hydroxylation is 2. The summed E-state index contributed by atoms with van der Waals surface area (Å²) in [6.07, 6.45) is 3.51. The van der Waals surface area contributed by atoms with Crippen LogP contribution in [0.2, 0.25) is 0 Å². The molecule has 94 valence electrons. The monoisotopic (exact) mass is 262 g/mol. The van der Waals surface area contributed by atoms with Crippen molar-refractivity contribution < 1.29 is 14.3 Å². The quantitative estimate of drug-likeness (QED) is 0.842. The number of hydrogen-bond acceptors (Lipinski definition) is 4. The highest BCUT2D eigenvalue weighted by Gasteiger charge is 2.12. The van der Waals surface area contributed by atoms with Crippen LogP contribution < -0.4 is 0 Å². The second-order valence-electron chi connectivity index (χ2n) is 3.97. The molecule has 2 aromatic rings. The average Bonchev–Trinajstić information content (AvgIpc) is 2.79. The Kier molecular flexibility index (Phi) is 3.77. The largest absolute Gasteiger partial charge is 0.515 e. The molecule has 0 fully saturated rings. The summed E-state index contributed by atoms with van der Waals surface area (Å²) in [7, 11) is 0. The average molecular weight is 262 g/mol. The van der Waals surface area contributed by atoms with Gasteiger partial charge in [0, 0.05) is 16.4 Å². The third-order valence-electron chi connectivity index (χ3n) is 2.80. The molecule has 0 amide bonds. The lowest BCUT2D eigenvalue weighted by Crippen LogP contribution is -1.93. The van der Waals surface area contributed by atoms with Crippen molar-refractivity contribution in [3.8, 4) is 0 Å². The minimum atomic E-state index is -0.111. The lowest BCUT2D eigenvalue weighted by atomic mass is 10.0. The van der Waals surface area contributed by atoms with Gasteiger partial charge in [-0.05, 0) is 36.6 Å². The first kappa shape index (κ1) is 12.8. The summed E-state index contributed by atoms with van der Waals surface area (Å²) in [5.41, 5.74) is 3.52. The van der Waals surface area contributed by atoms with E-state index in [0.717, 1.165) is 46.5 Å². The van der Waals surface area contributed by atoms with E-state index in [1.807, 2.05) is 13.0 Å². The third-order valence-corrected chi connectivity index (χ3v) is 3.51. The first-order valence-electron chi connectivity index (χ1n) is 5.68. The van der Waals surface area contributed by atoms with E-state index < -0.39 is 0 Å². The van der Waals surface area contributed by atoms with Crippen LogP contribution >= 0.6 is 11.8 Å². The number of aliphatic hydroxyl groups is 1. The fraction of sp³-hybridized carbons (Fsp3) is 0.214. The number of rotatable bonds is 3. The van der Waals surface area contributed by atoms with Crippen LogP contribution in [0.1, 0.15) is 28.4 Å². The first-order valence-corrected chi connectivity index (χ1v) is 6.56. The summed E-state index contributed by atoms with van der Waals surface area (Å²) in [6.45, 7) is 4.05. The topological polar surface area (TPSA) is 50.4 Å².